The van der Waals surface area contributed by atoms with Gasteiger partial charge in [-0.2, -0.15) is 0 Å². The Bertz CT molecular complexity index is 574. The maximum atomic E-state index is 11.7. The fourth-order valence-corrected chi connectivity index (χ4v) is 2.98. The largest absolute Gasteiger partial charge is 0.360 e. The van der Waals surface area contributed by atoms with Crippen molar-refractivity contribution in [3.63, 3.8) is 0 Å². The number of thioether (sulfide) groups is 1. The standard InChI is InChI=1S/C11H12ClN5OS2/c1-2-13-10-16-17-11(20-10)19-6-9(18)15-8-4-3-7(12)5-14-8/h3-5H,2,6H2,1H3,(H,13,16)(H,14,15,18). The first-order valence-electron chi connectivity index (χ1n) is 5.79. The Hall–Kier alpha value is -1.38. The molecule has 2 heterocycles. The third-order valence-electron chi connectivity index (χ3n) is 2.06. The van der Waals surface area contributed by atoms with Gasteiger partial charge in [0.05, 0.1) is 10.8 Å². The molecule has 0 bridgehead atoms. The van der Waals surface area contributed by atoms with Gasteiger partial charge in [0.15, 0.2) is 4.34 Å². The van der Waals surface area contributed by atoms with Gasteiger partial charge in [0, 0.05) is 12.7 Å². The van der Waals surface area contributed by atoms with Crippen molar-refractivity contribution in [2.24, 2.45) is 0 Å². The zero-order valence-corrected chi connectivity index (χ0v) is 13.0. The van der Waals surface area contributed by atoms with Crippen LogP contribution in [0.3, 0.4) is 0 Å². The molecule has 2 aromatic rings. The highest BCUT2D eigenvalue weighted by molar-refractivity contribution is 8.01. The number of nitrogens with one attached hydrogen (secondary N) is 2. The minimum atomic E-state index is -0.148. The molecule has 20 heavy (non-hydrogen) atoms. The van der Waals surface area contributed by atoms with Gasteiger partial charge in [0.25, 0.3) is 0 Å². The van der Waals surface area contributed by atoms with Crippen molar-refractivity contribution in [1.82, 2.24) is 15.2 Å². The first-order valence-corrected chi connectivity index (χ1v) is 7.97. The monoisotopic (exact) mass is 329 g/mol. The van der Waals surface area contributed by atoms with Gasteiger partial charge >= 0.3 is 0 Å². The van der Waals surface area contributed by atoms with Crippen LogP contribution in [-0.2, 0) is 4.79 Å². The fourth-order valence-electron chi connectivity index (χ4n) is 1.25. The Morgan fingerprint density at radius 1 is 1.45 bits per heavy atom. The van der Waals surface area contributed by atoms with Gasteiger partial charge in [0.2, 0.25) is 11.0 Å². The lowest BCUT2D eigenvalue weighted by molar-refractivity contribution is -0.113. The van der Waals surface area contributed by atoms with Crippen LogP contribution in [0.2, 0.25) is 5.02 Å². The molecule has 0 spiro atoms. The van der Waals surface area contributed by atoms with Crippen molar-refractivity contribution in [2.75, 3.05) is 22.9 Å². The summed E-state index contributed by atoms with van der Waals surface area (Å²) in [5.41, 5.74) is 0. The fraction of sp³-hybridized carbons (Fsp3) is 0.273. The number of hydrogen-bond donors (Lipinski definition) is 2. The van der Waals surface area contributed by atoms with Gasteiger partial charge in [-0.1, -0.05) is 34.7 Å². The Kier molecular flexibility index (Phi) is 5.57. The summed E-state index contributed by atoms with van der Waals surface area (Å²) in [5, 5.41) is 15.0. The van der Waals surface area contributed by atoms with Gasteiger partial charge in [0.1, 0.15) is 5.82 Å². The van der Waals surface area contributed by atoms with Crippen molar-refractivity contribution in [1.29, 1.82) is 0 Å². The number of nitrogens with zero attached hydrogens (tertiary/aromatic N) is 3. The zero-order valence-electron chi connectivity index (χ0n) is 10.6. The van der Waals surface area contributed by atoms with E-state index in [-0.39, 0.29) is 11.7 Å². The summed E-state index contributed by atoms with van der Waals surface area (Å²) >= 11 is 8.48. The second-order valence-corrected chi connectivity index (χ2v) is 6.24. The normalized spacial score (nSPS) is 10.3. The summed E-state index contributed by atoms with van der Waals surface area (Å²) in [4.78, 5) is 15.7. The Morgan fingerprint density at radius 2 is 2.30 bits per heavy atom. The number of carbonyl (C=O) groups is 1. The maximum absolute atomic E-state index is 11.7. The van der Waals surface area contributed by atoms with E-state index in [1.807, 2.05) is 6.92 Å². The second kappa shape index (κ2) is 7.41. The van der Waals surface area contributed by atoms with Crippen LogP contribution in [0.15, 0.2) is 22.7 Å². The first-order chi connectivity index (χ1) is 9.67. The molecule has 0 aliphatic rings. The topological polar surface area (TPSA) is 79.8 Å². The predicted octanol–water partition coefficient (Wildman–Crippen LogP) is 2.75. The highest BCUT2D eigenvalue weighted by Crippen LogP contribution is 2.25. The van der Waals surface area contributed by atoms with Crippen LogP contribution >= 0.6 is 34.7 Å². The molecule has 9 heteroatoms. The van der Waals surface area contributed by atoms with Crippen LogP contribution in [0.4, 0.5) is 10.9 Å². The lowest BCUT2D eigenvalue weighted by atomic mass is 10.4. The summed E-state index contributed by atoms with van der Waals surface area (Å²) in [7, 11) is 0. The van der Waals surface area contributed by atoms with Gasteiger partial charge in [-0.25, -0.2) is 4.98 Å². The average molecular weight is 330 g/mol. The first kappa shape index (κ1) is 15.0. The second-order valence-electron chi connectivity index (χ2n) is 3.60. The van der Waals surface area contributed by atoms with E-state index in [0.29, 0.717) is 10.8 Å². The molecule has 0 aliphatic heterocycles. The smallest absolute Gasteiger partial charge is 0.235 e. The molecule has 0 fully saturated rings. The SMILES string of the molecule is CCNc1nnc(SCC(=O)Nc2ccc(Cl)cn2)s1. The van der Waals surface area contributed by atoms with Crippen LogP contribution in [0.1, 0.15) is 6.92 Å². The van der Waals surface area contributed by atoms with E-state index in [0.717, 1.165) is 16.0 Å². The van der Waals surface area contributed by atoms with Gasteiger partial charge in [-0.05, 0) is 19.1 Å². The molecule has 0 atom stereocenters. The van der Waals surface area contributed by atoms with Gasteiger partial charge in [-0.3, -0.25) is 4.79 Å². The predicted molar refractivity (Wildman–Crippen MR) is 82.7 cm³/mol. The zero-order chi connectivity index (χ0) is 14.4. The molecule has 0 saturated carbocycles. The third-order valence-corrected chi connectivity index (χ3v) is 4.29. The van der Waals surface area contributed by atoms with E-state index in [2.05, 4.69) is 25.8 Å². The number of carbonyl (C=O) groups excluding carboxylic acids is 1. The van der Waals surface area contributed by atoms with Crippen LogP contribution < -0.4 is 10.6 Å². The summed E-state index contributed by atoms with van der Waals surface area (Å²) in [6, 6.07) is 3.32. The van der Waals surface area contributed by atoms with E-state index in [4.69, 9.17) is 11.6 Å². The summed E-state index contributed by atoms with van der Waals surface area (Å²) < 4.78 is 0.750. The Labute approximate surface area is 129 Å². The molecule has 0 aromatic carbocycles. The molecular weight excluding hydrogens is 318 g/mol. The number of rotatable bonds is 6. The van der Waals surface area contributed by atoms with Crippen molar-refractivity contribution in [3.05, 3.63) is 23.4 Å². The third kappa shape index (κ3) is 4.62. The Morgan fingerprint density at radius 3 is 3.00 bits per heavy atom. The molecular formula is C11H12ClN5OS2. The summed E-state index contributed by atoms with van der Waals surface area (Å²) in [5.74, 6) is 0.584. The molecule has 2 aromatic heterocycles. The van der Waals surface area contributed by atoms with E-state index in [1.54, 1.807) is 12.1 Å². The number of amides is 1. The number of anilines is 2. The van der Waals surface area contributed by atoms with E-state index >= 15 is 0 Å². The Balaban J connectivity index is 1.80. The summed E-state index contributed by atoms with van der Waals surface area (Å²) in [6.07, 6.45) is 1.48. The minimum Gasteiger partial charge on any atom is -0.360 e. The van der Waals surface area contributed by atoms with Crippen LogP contribution in [0.5, 0.6) is 0 Å². The minimum absolute atomic E-state index is 0.148. The number of hydrogen-bond acceptors (Lipinski definition) is 7. The van der Waals surface area contributed by atoms with Crippen molar-refractivity contribution in [2.45, 2.75) is 11.3 Å². The van der Waals surface area contributed by atoms with E-state index < -0.39 is 0 Å². The summed E-state index contributed by atoms with van der Waals surface area (Å²) in [6.45, 7) is 2.78. The van der Waals surface area contributed by atoms with E-state index in [1.165, 1.54) is 29.3 Å². The van der Waals surface area contributed by atoms with Crippen molar-refractivity contribution in [3.8, 4) is 0 Å². The molecule has 106 valence electrons. The lowest BCUT2D eigenvalue weighted by Crippen LogP contribution is -2.14. The van der Waals surface area contributed by atoms with Gasteiger partial charge in [-0.15, -0.1) is 10.2 Å². The highest BCUT2D eigenvalue weighted by atomic mass is 35.5. The molecule has 6 nitrogen and oxygen atoms in total. The maximum Gasteiger partial charge on any atom is 0.235 e. The molecule has 1 amide bonds. The number of halogens is 1. The quantitative estimate of drug-likeness (QED) is 0.793. The molecule has 0 saturated heterocycles. The lowest BCUT2D eigenvalue weighted by Gasteiger charge is -2.02. The molecule has 0 aliphatic carbocycles. The van der Waals surface area contributed by atoms with Crippen LogP contribution in [0.25, 0.3) is 0 Å². The van der Waals surface area contributed by atoms with Crippen molar-refractivity contribution >= 4 is 51.6 Å². The van der Waals surface area contributed by atoms with Gasteiger partial charge < -0.3 is 10.6 Å². The van der Waals surface area contributed by atoms with Crippen LogP contribution in [0, 0.1) is 0 Å². The molecule has 0 radical (unpaired) electrons. The highest BCUT2D eigenvalue weighted by Gasteiger charge is 2.08. The van der Waals surface area contributed by atoms with Crippen LogP contribution in [-0.4, -0.2) is 33.4 Å². The molecule has 0 unspecified atom stereocenters. The number of aromatic nitrogens is 3. The van der Waals surface area contributed by atoms with E-state index in [9.17, 15) is 4.79 Å². The van der Waals surface area contributed by atoms with Crippen molar-refractivity contribution < 1.29 is 4.79 Å². The molecule has 2 N–H and O–H groups in total. The number of pyridine rings is 1. The average Bonchev–Trinajstić information content (AvgIpc) is 2.87. The molecule has 2 rings (SSSR count).